The van der Waals surface area contributed by atoms with Gasteiger partial charge in [0, 0.05) is 53.7 Å². The summed E-state index contributed by atoms with van der Waals surface area (Å²) in [6, 6.07) is 15.8. The van der Waals surface area contributed by atoms with Crippen molar-refractivity contribution in [2.45, 2.75) is 57.2 Å². The number of aliphatic hydroxyl groups excluding tert-OH is 1. The van der Waals surface area contributed by atoms with E-state index in [9.17, 15) is 23.4 Å². The highest BCUT2D eigenvalue weighted by Gasteiger charge is 2.35. The maximum atomic E-state index is 13.0. The summed E-state index contributed by atoms with van der Waals surface area (Å²) in [5.74, 6) is 0.203. The molecule has 6 nitrogen and oxygen atoms in total. The molecule has 202 valence electrons. The molecule has 1 atom stereocenters. The van der Waals surface area contributed by atoms with Gasteiger partial charge in [-0.15, -0.1) is 0 Å². The first-order valence-electron chi connectivity index (χ1n) is 12.7. The molecular formula is C29H31F3N2O4. The quantitative estimate of drug-likeness (QED) is 0.420. The van der Waals surface area contributed by atoms with E-state index in [0.717, 1.165) is 35.3 Å². The van der Waals surface area contributed by atoms with Gasteiger partial charge in [-0.2, -0.15) is 13.2 Å². The SMILES string of the molecule is CC(C)(O)c1ccc(N2Cc3c(cc(C4CCOCC4)nc3-c3ccccc3OCC(F)(F)F)C2O)cc1. The van der Waals surface area contributed by atoms with Crippen molar-refractivity contribution in [3.63, 3.8) is 0 Å². The number of halogens is 3. The van der Waals surface area contributed by atoms with Crippen molar-refractivity contribution < 1.29 is 32.9 Å². The molecular weight excluding hydrogens is 497 g/mol. The van der Waals surface area contributed by atoms with Crippen LogP contribution in [0, 0.1) is 0 Å². The van der Waals surface area contributed by atoms with Gasteiger partial charge in [0.05, 0.1) is 11.3 Å². The molecule has 2 aliphatic rings. The van der Waals surface area contributed by atoms with E-state index in [1.165, 1.54) is 6.07 Å². The number of benzene rings is 2. The highest BCUT2D eigenvalue weighted by molar-refractivity contribution is 5.74. The highest BCUT2D eigenvalue weighted by atomic mass is 19.4. The molecule has 0 aliphatic carbocycles. The van der Waals surface area contributed by atoms with Gasteiger partial charge in [-0.05, 0) is 62.6 Å². The number of anilines is 1. The fourth-order valence-corrected chi connectivity index (χ4v) is 5.10. The van der Waals surface area contributed by atoms with E-state index < -0.39 is 24.6 Å². The Hall–Kier alpha value is -3.14. The average Bonchev–Trinajstić information content (AvgIpc) is 3.23. The number of hydrogen-bond donors (Lipinski definition) is 2. The van der Waals surface area contributed by atoms with Gasteiger partial charge in [-0.3, -0.25) is 4.98 Å². The summed E-state index contributed by atoms with van der Waals surface area (Å²) in [7, 11) is 0. The predicted octanol–water partition coefficient (Wildman–Crippen LogP) is 5.82. The van der Waals surface area contributed by atoms with Crippen LogP contribution in [0.25, 0.3) is 11.3 Å². The minimum absolute atomic E-state index is 0.0890. The maximum absolute atomic E-state index is 13.0. The van der Waals surface area contributed by atoms with Crippen LogP contribution in [0.2, 0.25) is 0 Å². The van der Waals surface area contributed by atoms with E-state index in [1.54, 1.807) is 32.0 Å². The second kappa shape index (κ2) is 10.2. The molecule has 2 aliphatic heterocycles. The lowest BCUT2D eigenvalue weighted by Crippen LogP contribution is -2.21. The van der Waals surface area contributed by atoms with Gasteiger partial charge in [-0.25, -0.2) is 0 Å². The summed E-state index contributed by atoms with van der Waals surface area (Å²) in [4.78, 5) is 6.78. The Balaban J connectivity index is 1.57. The second-order valence-electron chi connectivity index (χ2n) is 10.4. The van der Waals surface area contributed by atoms with Crippen molar-refractivity contribution in [3.05, 3.63) is 77.0 Å². The van der Waals surface area contributed by atoms with Gasteiger partial charge in [0.2, 0.25) is 0 Å². The molecule has 1 saturated heterocycles. The number of fused-ring (bicyclic) bond motifs is 1. The van der Waals surface area contributed by atoms with Crippen LogP contribution in [0.4, 0.5) is 18.9 Å². The third-order valence-electron chi connectivity index (χ3n) is 7.16. The Labute approximate surface area is 219 Å². The van der Waals surface area contributed by atoms with E-state index in [-0.39, 0.29) is 11.7 Å². The van der Waals surface area contributed by atoms with Gasteiger partial charge in [-0.1, -0.05) is 24.3 Å². The molecule has 0 saturated carbocycles. The molecule has 3 heterocycles. The van der Waals surface area contributed by atoms with Gasteiger partial charge in [0.15, 0.2) is 12.8 Å². The van der Waals surface area contributed by atoms with Crippen LogP contribution in [0.1, 0.15) is 61.2 Å². The zero-order valence-electron chi connectivity index (χ0n) is 21.3. The molecule has 9 heteroatoms. The molecule has 5 rings (SSSR count). The lowest BCUT2D eigenvalue weighted by atomic mass is 9.92. The Kier molecular flexibility index (Phi) is 7.11. The van der Waals surface area contributed by atoms with Crippen molar-refractivity contribution in [2.24, 2.45) is 0 Å². The first-order chi connectivity index (χ1) is 18.0. The number of hydrogen-bond acceptors (Lipinski definition) is 6. The first kappa shape index (κ1) is 26.5. The van der Waals surface area contributed by atoms with Crippen molar-refractivity contribution in [2.75, 3.05) is 24.7 Å². The fraction of sp³-hybridized carbons (Fsp3) is 0.414. The van der Waals surface area contributed by atoms with E-state index in [4.69, 9.17) is 14.5 Å². The van der Waals surface area contributed by atoms with Crippen LogP contribution in [-0.2, 0) is 16.9 Å². The summed E-state index contributed by atoms with van der Waals surface area (Å²) in [6.07, 6.45) is -3.90. The smallest absolute Gasteiger partial charge is 0.422 e. The van der Waals surface area contributed by atoms with Crippen LogP contribution < -0.4 is 9.64 Å². The third-order valence-corrected chi connectivity index (χ3v) is 7.16. The standard InChI is InChI=1S/C29H31F3N2O4/c1-28(2,36)19-7-9-20(10-8-19)34-16-23-22(27(34)35)15-24(18-11-13-37-14-12-18)33-26(23)21-5-3-4-6-25(21)38-17-29(30,31)32/h3-10,15,18,27,35-36H,11-14,16-17H2,1-2H3. The van der Waals surface area contributed by atoms with Gasteiger partial charge in [0.1, 0.15) is 5.75 Å². The number of ether oxygens (including phenoxy) is 2. The number of aromatic nitrogens is 1. The molecule has 1 unspecified atom stereocenters. The number of alkyl halides is 3. The van der Waals surface area contributed by atoms with E-state index in [0.29, 0.717) is 36.6 Å². The lowest BCUT2D eigenvalue weighted by Gasteiger charge is -2.25. The summed E-state index contributed by atoms with van der Waals surface area (Å²) >= 11 is 0. The molecule has 1 aromatic heterocycles. The normalized spacial score (nSPS) is 18.5. The molecule has 2 aromatic carbocycles. The van der Waals surface area contributed by atoms with E-state index in [2.05, 4.69) is 0 Å². The fourth-order valence-electron chi connectivity index (χ4n) is 5.10. The van der Waals surface area contributed by atoms with Crippen LogP contribution in [0.5, 0.6) is 5.75 Å². The minimum atomic E-state index is -4.48. The Bertz CT molecular complexity index is 1280. The largest absolute Gasteiger partial charge is 0.483 e. The summed E-state index contributed by atoms with van der Waals surface area (Å²) in [5, 5.41) is 21.8. The predicted molar refractivity (Wildman–Crippen MR) is 137 cm³/mol. The van der Waals surface area contributed by atoms with Crippen LogP contribution >= 0.6 is 0 Å². The van der Waals surface area contributed by atoms with E-state index >= 15 is 0 Å². The Morgan fingerprint density at radius 3 is 2.39 bits per heavy atom. The molecule has 0 radical (unpaired) electrons. The first-order valence-corrected chi connectivity index (χ1v) is 12.7. The lowest BCUT2D eigenvalue weighted by molar-refractivity contribution is -0.153. The molecule has 0 spiro atoms. The number of para-hydroxylation sites is 1. The Morgan fingerprint density at radius 1 is 1.05 bits per heavy atom. The van der Waals surface area contributed by atoms with Gasteiger partial charge >= 0.3 is 6.18 Å². The summed E-state index contributed by atoms with van der Waals surface area (Å²) in [5.41, 5.74) is 3.66. The van der Waals surface area contributed by atoms with Crippen molar-refractivity contribution in [1.29, 1.82) is 0 Å². The van der Waals surface area contributed by atoms with E-state index in [1.807, 2.05) is 35.2 Å². The van der Waals surface area contributed by atoms with Crippen molar-refractivity contribution in [3.8, 4) is 17.0 Å². The molecule has 2 N–H and O–H groups in total. The van der Waals surface area contributed by atoms with Crippen LogP contribution in [0.3, 0.4) is 0 Å². The Morgan fingerprint density at radius 2 is 1.74 bits per heavy atom. The number of rotatable bonds is 6. The second-order valence-corrected chi connectivity index (χ2v) is 10.4. The molecule has 3 aromatic rings. The molecule has 1 fully saturated rings. The topological polar surface area (TPSA) is 75.1 Å². The maximum Gasteiger partial charge on any atom is 0.422 e. The number of nitrogens with zero attached hydrogens (tertiary/aromatic N) is 2. The van der Waals surface area contributed by atoms with Crippen molar-refractivity contribution in [1.82, 2.24) is 4.98 Å². The average molecular weight is 529 g/mol. The molecule has 38 heavy (non-hydrogen) atoms. The molecule has 0 amide bonds. The van der Waals surface area contributed by atoms with Crippen LogP contribution in [-0.4, -0.2) is 41.2 Å². The number of aliphatic hydroxyl groups is 2. The summed E-state index contributed by atoms with van der Waals surface area (Å²) < 4.78 is 49.7. The van der Waals surface area contributed by atoms with Crippen LogP contribution in [0.15, 0.2) is 54.6 Å². The van der Waals surface area contributed by atoms with Gasteiger partial charge in [0.25, 0.3) is 0 Å². The monoisotopic (exact) mass is 528 g/mol. The number of pyridine rings is 1. The van der Waals surface area contributed by atoms with Gasteiger partial charge < -0.3 is 24.6 Å². The molecule has 0 bridgehead atoms. The minimum Gasteiger partial charge on any atom is -0.483 e. The summed E-state index contributed by atoms with van der Waals surface area (Å²) in [6.45, 7) is 3.52. The highest BCUT2D eigenvalue weighted by Crippen LogP contribution is 2.44. The zero-order chi connectivity index (χ0) is 27.1. The third kappa shape index (κ3) is 5.50. The van der Waals surface area contributed by atoms with Crippen molar-refractivity contribution >= 4 is 5.69 Å². The zero-order valence-corrected chi connectivity index (χ0v) is 21.3.